The van der Waals surface area contributed by atoms with Crippen LogP contribution >= 0.6 is 0 Å². The molecule has 0 N–H and O–H groups in total. The van der Waals surface area contributed by atoms with E-state index in [2.05, 4.69) is 246 Å². The quantitative estimate of drug-likeness (QED) is 0.148. The number of anilines is 2. The lowest BCUT2D eigenvalue weighted by Gasteiger charge is -2.41. The fraction of sp³-hybridized carbons (Fsp3) is 0.0820. The Labute approximate surface area is 370 Å². The molecule has 0 aliphatic heterocycles. The highest BCUT2D eigenvalue weighted by Crippen LogP contribution is 2.60. The molecule has 0 radical (unpaired) electrons. The summed E-state index contributed by atoms with van der Waals surface area (Å²) < 4.78 is 2.47. The van der Waals surface area contributed by atoms with Gasteiger partial charge < -0.3 is 9.47 Å². The standard InChI is InChI=1S/C61H46N2/c1-5-17-43(18-6-1)44-29-34-50(35-30-44)62(51-36-31-45(32-37-51)46-33-40-60-56(41-46)55-26-14-16-28-59(55)63(60)49-23-11-4-12-24-49)52-38-39-54-53-25-13-15-27-57(53)61(58(54)42-52,47-19-7-2-8-20-47)48-21-9-3-10-22-48/h1-32,34-39,41,58H,33,40,42H2. The fourth-order valence-electron chi connectivity index (χ4n) is 11.1. The summed E-state index contributed by atoms with van der Waals surface area (Å²) in [6.45, 7) is 0. The average molecular weight is 807 g/mol. The molecule has 0 saturated heterocycles. The molecule has 1 unspecified atom stereocenters. The smallest absolute Gasteiger partial charge is 0.0537 e. The van der Waals surface area contributed by atoms with Crippen molar-refractivity contribution in [2.45, 2.75) is 24.7 Å². The van der Waals surface area contributed by atoms with Crippen LogP contribution in [-0.4, -0.2) is 4.57 Å². The number of para-hydroxylation sites is 2. The molecule has 12 rings (SSSR count). The number of rotatable bonds is 8. The van der Waals surface area contributed by atoms with Gasteiger partial charge in [0.15, 0.2) is 0 Å². The van der Waals surface area contributed by atoms with Gasteiger partial charge in [-0.25, -0.2) is 0 Å². The largest absolute Gasteiger partial charge is 0.314 e. The van der Waals surface area contributed by atoms with Crippen LogP contribution in [0, 0.1) is 5.92 Å². The van der Waals surface area contributed by atoms with Crippen LogP contribution in [0.2, 0.25) is 0 Å². The lowest BCUT2D eigenvalue weighted by Crippen LogP contribution is -2.36. The third-order valence-electron chi connectivity index (χ3n) is 13.9. The first-order valence-electron chi connectivity index (χ1n) is 22.3. The highest BCUT2D eigenvalue weighted by atomic mass is 15.1. The molecule has 0 saturated carbocycles. The molecule has 3 aliphatic carbocycles. The summed E-state index contributed by atoms with van der Waals surface area (Å²) in [7, 11) is 0. The van der Waals surface area contributed by atoms with Crippen LogP contribution in [0.1, 0.15) is 51.9 Å². The van der Waals surface area contributed by atoms with Crippen LogP contribution in [-0.2, 0) is 11.8 Å². The van der Waals surface area contributed by atoms with E-state index in [1.165, 1.54) is 83.6 Å². The van der Waals surface area contributed by atoms with Crippen molar-refractivity contribution in [3.8, 4) is 16.8 Å². The van der Waals surface area contributed by atoms with E-state index in [0.717, 1.165) is 30.6 Å². The molecule has 0 fully saturated rings. The summed E-state index contributed by atoms with van der Waals surface area (Å²) in [5.74, 6) is 0.185. The van der Waals surface area contributed by atoms with Gasteiger partial charge >= 0.3 is 0 Å². The molecule has 8 aromatic carbocycles. The van der Waals surface area contributed by atoms with Crippen molar-refractivity contribution in [1.82, 2.24) is 4.57 Å². The van der Waals surface area contributed by atoms with Gasteiger partial charge in [-0.1, -0.05) is 182 Å². The van der Waals surface area contributed by atoms with Crippen LogP contribution < -0.4 is 4.90 Å². The summed E-state index contributed by atoms with van der Waals surface area (Å²) >= 11 is 0. The lowest BCUT2D eigenvalue weighted by atomic mass is 9.62. The maximum atomic E-state index is 2.51. The Morgan fingerprint density at radius 2 is 1.03 bits per heavy atom. The van der Waals surface area contributed by atoms with E-state index in [1.54, 1.807) is 0 Å². The van der Waals surface area contributed by atoms with Gasteiger partial charge in [0.2, 0.25) is 0 Å². The van der Waals surface area contributed by atoms with E-state index < -0.39 is 0 Å². The van der Waals surface area contributed by atoms with Gasteiger partial charge in [-0.05, 0) is 124 Å². The van der Waals surface area contributed by atoms with Gasteiger partial charge in [-0.2, -0.15) is 0 Å². The second-order valence-electron chi connectivity index (χ2n) is 17.1. The topological polar surface area (TPSA) is 8.17 Å². The molecule has 0 amide bonds. The first-order chi connectivity index (χ1) is 31.3. The third-order valence-corrected chi connectivity index (χ3v) is 13.9. The zero-order valence-corrected chi connectivity index (χ0v) is 35.1. The third kappa shape index (κ3) is 6.09. The number of hydrogen-bond donors (Lipinski definition) is 0. The molecule has 63 heavy (non-hydrogen) atoms. The minimum absolute atomic E-state index is 0.185. The van der Waals surface area contributed by atoms with Crippen LogP contribution in [0.5, 0.6) is 0 Å². The van der Waals surface area contributed by atoms with E-state index in [4.69, 9.17) is 0 Å². The van der Waals surface area contributed by atoms with Gasteiger partial charge in [0, 0.05) is 45.3 Å². The van der Waals surface area contributed by atoms with E-state index in [9.17, 15) is 0 Å². The molecular weight excluding hydrogens is 761 g/mol. The highest BCUT2D eigenvalue weighted by molar-refractivity contribution is 5.99. The Balaban J connectivity index is 0.969. The van der Waals surface area contributed by atoms with Crippen LogP contribution in [0.25, 0.3) is 44.9 Å². The predicted octanol–water partition coefficient (Wildman–Crippen LogP) is 15.3. The normalized spacial score (nSPS) is 16.0. The van der Waals surface area contributed by atoms with Crippen LogP contribution in [0.4, 0.5) is 11.4 Å². The molecule has 0 bridgehead atoms. The maximum absolute atomic E-state index is 2.51. The zero-order chi connectivity index (χ0) is 41.7. The first-order valence-corrected chi connectivity index (χ1v) is 22.3. The zero-order valence-electron chi connectivity index (χ0n) is 35.1. The van der Waals surface area contributed by atoms with Gasteiger partial charge in [0.1, 0.15) is 0 Å². The Morgan fingerprint density at radius 1 is 0.476 bits per heavy atom. The van der Waals surface area contributed by atoms with Crippen molar-refractivity contribution in [2.24, 2.45) is 5.92 Å². The second-order valence-corrected chi connectivity index (χ2v) is 17.1. The number of hydrogen-bond acceptors (Lipinski definition) is 1. The van der Waals surface area contributed by atoms with E-state index in [1.807, 2.05) is 0 Å². The first kappa shape index (κ1) is 37.1. The molecule has 3 aliphatic rings. The molecular formula is C61H46N2. The monoisotopic (exact) mass is 806 g/mol. The summed E-state index contributed by atoms with van der Waals surface area (Å²) in [5.41, 5.74) is 20.4. The van der Waals surface area contributed by atoms with Crippen molar-refractivity contribution in [2.75, 3.05) is 4.90 Å². The Morgan fingerprint density at radius 3 is 1.71 bits per heavy atom. The van der Waals surface area contributed by atoms with E-state index in [-0.39, 0.29) is 11.3 Å². The molecule has 2 heteroatoms. The van der Waals surface area contributed by atoms with E-state index >= 15 is 0 Å². The van der Waals surface area contributed by atoms with E-state index in [0.29, 0.717) is 0 Å². The number of nitrogens with zero attached hydrogens (tertiary/aromatic N) is 2. The Hall–Kier alpha value is -7.68. The SMILES string of the molecule is C1=C(c2ccc(N(C3=CC=C4c5ccccc5C(c5ccccc5)(c5ccccc5)C4C3)c3ccc(-c4ccccc4)cc3)cc2)CCc2c1c1ccccc1n2-c1ccccc1. The molecule has 0 spiro atoms. The summed E-state index contributed by atoms with van der Waals surface area (Å²) in [6, 6.07) is 80.5. The second kappa shape index (κ2) is 15.3. The molecule has 9 aromatic rings. The van der Waals surface area contributed by atoms with Crippen molar-refractivity contribution in [3.05, 3.63) is 275 Å². The summed E-state index contributed by atoms with van der Waals surface area (Å²) in [6.07, 6.45) is 10.1. The lowest BCUT2D eigenvalue weighted by molar-refractivity contribution is 0.473. The Kier molecular flexibility index (Phi) is 9.04. The molecule has 1 aromatic heterocycles. The van der Waals surface area contributed by atoms with Gasteiger partial charge in [-0.3, -0.25) is 0 Å². The summed E-state index contributed by atoms with van der Waals surface area (Å²) in [4.78, 5) is 2.51. The fourth-order valence-corrected chi connectivity index (χ4v) is 11.1. The van der Waals surface area contributed by atoms with Crippen LogP contribution in [0.3, 0.4) is 0 Å². The Bertz CT molecular complexity index is 3170. The van der Waals surface area contributed by atoms with Crippen molar-refractivity contribution in [1.29, 1.82) is 0 Å². The minimum Gasteiger partial charge on any atom is -0.314 e. The van der Waals surface area contributed by atoms with Crippen molar-refractivity contribution < 1.29 is 0 Å². The van der Waals surface area contributed by atoms with Crippen LogP contribution in [0.15, 0.2) is 236 Å². The predicted molar refractivity (Wildman–Crippen MR) is 263 cm³/mol. The van der Waals surface area contributed by atoms with Gasteiger partial charge in [0.25, 0.3) is 0 Å². The highest BCUT2D eigenvalue weighted by Gasteiger charge is 2.52. The summed E-state index contributed by atoms with van der Waals surface area (Å²) in [5, 5.41) is 1.31. The van der Waals surface area contributed by atoms with Crippen molar-refractivity contribution >= 4 is 39.5 Å². The van der Waals surface area contributed by atoms with Gasteiger partial charge in [0.05, 0.1) is 10.9 Å². The number of fused-ring (bicyclic) bond motifs is 6. The maximum Gasteiger partial charge on any atom is 0.0537 e. The number of aromatic nitrogens is 1. The number of benzene rings is 8. The minimum atomic E-state index is -0.354. The number of allylic oxidation sites excluding steroid dienone is 5. The molecule has 1 atom stereocenters. The van der Waals surface area contributed by atoms with Crippen molar-refractivity contribution in [3.63, 3.8) is 0 Å². The molecule has 2 nitrogen and oxygen atoms in total. The van der Waals surface area contributed by atoms with Gasteiger partial charge in [-0.15, -0.1) is 0 Å². The average Bonchev–Trinajstić information content (AvgIpc) is 3.86. The molecule has 300 valence electrons. The molecule has 1 heterocycles.